The molecule has 0 radical (unpaired) electrons. The first-order valence-corrected chi connectivity index (χ1v) is 10.3. The van der Waals surface area contributed by atoms with Crippen LogP contribution in [0.2, 0.25) is 0 Å². The highest BCUT2D eigenvalue weighted by Gasteiger charge is 2.34. The highest BCUT2D eigenvalue weighted by Crippen LogP contribution is 2.36. The van der Waals surface area contributed by atoms with Crippen molar-refractivity contribution in [3.8, 4) is 0 Å². The van der Waals surface area contributed by atoms with Crippen LogP contribution in [-0.2, 0) is 24.0 Å². The van der Waals surface area contributed by atoms with Crippen molar-refractivity contribution in [2.45, 2.75) is 51.2 Å². The van der Waals surface area contributed by atoms with E-state index in [1.807, 2.05) is 20.8 Å². The summed E-state index contributed by atoms with van der Waals surface area (Å²) in [7, 11) is 3.00. The first-order chi connectivity index (χ1) is 11.7. The van der Waals surface area contributed by atoms with Crippen LogP contribution in [0, 0.1) is 0 Å². The molecule has 0 bridgehead atoms. The zero-order valence-corrected chi connectivity index (χ0v) is 16.3. The van der Waals surface area contributed by atoms with E-state index in [4.69, 9.17) is 4.74 Å². The highest BCUT2D eigenvalue weighted by molar-refractivity contribution is 8.77. The molecular formula is C15H24N2O6S2. The molecule has 3 amide bonds. The van der Waals surface area contributed by atoms with Gasteiger partial charge in [-0.2, -0.15) is 0 Å². The second-order valence-electron chi connectivity index (χ2n) is 5.98. The fourth-order valence-corrected chi connectivity index (χ4v) is 4.08. The lowest BCUT2D eigenvalue weighted by molar-refractivity contribution is -0.177. The molecule has 0 saturated carbocycles. The van der Waals surface area contributed by atoms with E-state index >= 15 is 0 Å². The third-order valence-corrected chi connectivity index (χ3v) is 6.24. The third-order valence-electron chi connectivity index (χ3n) is 2.98. The van der Waals surface area contributed by atoms with Crippen molar-refractivity contribution in [2.75, 3.05) is 18.9 Å². The summed E-state index contributed by atoms with van der Waals surface area (Å²) in [5.41, 5.74) is 0. The Kier molecular flexibility index (Phi) is 9.12. The van der Waals surface area contributed by atoms with Crippen LogP contribution < -0.4 is 5.32 Å². The zero-order valence-electron chi connectivity index (χ0n) is 14.7. The molecule has 25 heavy (non-hydrogen) atoms. The number of ether oxygens (including phenoxy) is 1. The number of imide groups is 1. The van der Waals surface area contributed by atoms with Crippen LogP contribution in [-0.4, -0.2) is 52.6 Å². The summed E-state index contributed by atoms with van der Waals surface area (Å²) >= 11 is 0. The van der Waals surface area contributed by atoms with E-state index in [0.29, 0.717) is 23.8 Å². The smallest absolute Gasteiger partial charge is 0.431 e. The van der Waals surface area contributed by atoms with Crippen molar-refractivity contribution >= 4 is 45.5 Å². The van der Waals surface area contributed by atoms with E-state index in [0.717, 1.165) is 6.42 Å². The molecular weight excluding hydrogens is 368 g/mol. The van der Waals surface area contributed by atoms with E-state index in [9.17, 15) is 19.2 Å². The van der Waals surface area contributed by atoms with Gasteiger partial charge in [-0.25, -0.2) is 4.79 Å². The Bertz CT molecular complexity index is 496. The van der Waals surface area contributed by atoms with Gasteiger partial charge in [-0.1, -0.05) is 33.6 Å². The Morgan fingerprint density at radius 1 is 1.24 bits per heavy atom. The van der Waals surface area contributed by atoms with E-state index in [1.165, 1.54) is 21.6 Å². The van der Waals surface area contributed by atoms with Crippen molar-refractivity contribution in [1.82, 2.24) is 10.4 Å². The molecule has 0 aromatic rings. The maximum atomic E-state index is 11.6. The van der Waals surface area contributed by atoms with Gasteiger partial charge in [-0.05, 0) is 20.3 Å². The molecule has 1 aliphatic heterocycles. The van der Waals surface area contributed by atoms with Gasteiger partial charge in [0.1, 0.15) is 6.61 Å². The number of hydrogen-bond donors (Lipinski definition) is 1. The molecule has 0 unspecified atom stereocenters. The van der Waals surface area contributed by atoms with E-state index in [1.54, 1.807) is 0 Å². The second kappa shape index (κ2) is 10.5. The summed E-state index contributed by atoms with van der Waals surface area (Å²) in [5, 5.41) is 3.25. The first kappa shape index (κ1) is 21.6. The SMILES string of the molecule is CCCNC(=O)CCSSC(C)(C)COC(=O)ON1C(=O)CCC1=O. The molecule has 1 rings (SSSR count). The third kappa shape index (κ3) is 8.48. The fourth-order valence-electron chi connectivity index (χ4n) is 1.70. The summed E-state index contributed by atoms with van der Waals surface area (Å²) in [5.74, 6) is -0.433. The topological polar surface area (TPSA) is 102 Å². The molecule has 0 aromatic heterocycles. The van der Waals surface area contributed by atoms with Gasteiger partial charge in [0.05, 0.1) is 4.75 Å². The molecule has 1 fully saturated rings. The molecule has 8 nitrogen and oxygen atoms in total. The summed E-state index contributed by atoms with van der Waals surface area (Å²) in [6.07, 6.45) is 0.325. The number of nitrogens with zero attached hydrogens (tertiary/aromatic N) is 1. The zero-order chi connectivity index (χ0) is 18.9. The van der Waals surface area contributed by atoms with E-state index < -0.39 is 22.7 Å². The second-order valence-corrected chi connectivity index (χ2v) is 9.10. The number of carbonyl (C=O) groups excluding carboxylic acids is 4. The molecule has 0 aliphatic carbocycles. The summed E-state index contributed by atoms with van der Waals surface area (Å²) in [4.78, 5) is 50.4. The summed E-state index contributed by atoms with van der Waals surface area (Å²) in [6, 6.07) is 0. The minimum Gasteiger partial charge on any atom is -0.431 e. The lowest BCUT2D eigenvalue weighted by Gasteiger charge is -2.22. The Hall–Kier alpha value is -1.42. The van der Waals surface area contributed by atoms with Crippen molar-refractivity contribution in [3.63, 3.8) is 0 Å². The first-order valence-electron chi connectivity index (χ1n) is 8.03. The predicted octanol–water partition coefficient (Wildman–Crippen LogP) is 2.28. The molecule has 10 heteroatoms. The number of hydrogen-bond acceptors (Lipinski definition) is 8. The Labute approximate surface area is 155 Å². The number of rotatable bonds is 10. The van der Waals surface area contributed by atoms with Gasteiger partial charge < -0.3 is 10.1 Å². The number of hydroxylamine groups is 2. The van der Waals surface area contributed by atoms with Gasteiger partial charge in [0.25, 0.3) is 11.8 Å². The van der Waals surface area contributed by atoms with Gasteiger partial charge in [0.15, 0.2) is 0 Å². The minimum absolute atomic E-state index is 0.0209. The summed E-state index contributed by atoms with van der Waals surface area (Å²) < 4.78 is 4.56. The van der Waals surface area contributed by atoms with Crippen LogP contribution in [0.3, 0.4) is 0 Å². The Morgan fingerprint density at radius 2 is 1.88 bits per heavy atom. The van der Waals surface area contributed by atoms with Crippen LogP contribution in [0.5, 0.6) is 0 Å². The van der Waals surface area contributed by atoms with Crippen molar-refractivity contribution in [2.24, 2.45) is 0 Å². The van der Waals surface area contributed by atoms with Gasteiger partial charge >= 0.3 is 6.16 Å². The molecule has 1 aliphatic rings. The van der Waals surface area contributed by atoms with Crippen LogP contribution in [0.15, 0.2) is 0 Å². The van der Waals surface area contributed by atoms with Gasteiger partial charge in [0.2, 0.25) is 5.91 Å². The minimum atomic E-state index is -1.08. The Morgan fingerprint density at radius 3 is 2.48 bits per heavy atom. The average Bonchev–Trinajstić information content (AvgIpc) is 2.87. The lowest BCUT2D eigenvalue weighted by atomic mass is 10.2. The van der Waals surface area contributed by atoms with Gasteiger partial charge in [0, 0.05) is 31.6 Å². The average molecular weight is 392 g/mol. The normalized spacial score (nSPS) is 14.6. The molecule has 1 N–H and O–H groups in total. The number of nitrogens with one attached hydrogen (secondary N) is 1. The fraction of sp³-hybridized carbons (Fsp3) is 0.733. The lowest BCUT2D eigenvalue weighted by Crippen LogP contribution is -2.34. The van der Waals surface area contributed by atoms with Crippen LogP contribution in [0.1, 0.15) is 46.5 Å². The quantitative estimate of drug-likeness (QED) is 0.261. The molecule has 1 heterocycles. The van der Waals surface area contributed by atoms with Crippen LogP contribution >= 0.6 is 21.6 Å². The predicted molar refractivity (Wildman–Crippen MR) is 95.6 cm³/mol. The van der Waals surface area contributed by atoms with E-state index in [-0.39, 0.29) is 25.4 Å². The van der Waals surface area contributed by atoms with Gasteiger partial charge in [-0.3, -0.25) is 19.2 Å². The maximum Gasteiger partial charge on any atom is 0.534 e. The molecule has 142 valence electrons. The monoisotopic (exact) mass is 392 g/mol. The Balaban J connectivity index is 2.21. The van der Waals surface area contributed by atoms with Gasteiger partial charge in [-0.15, -0.1) is 0 Å². The standard InChI is InChI=1S/C15H24N2O6S2/c1-4-8-16-11(18)7-9-24-25-15(2,3)10-22-14(21)23-17-12(19)5-6-13(17)20/h4-10H2,1-3H3,(H,16,18). The molecule has 0 spiro atoms. The molecule has 0 aromatic carbocycles. The number of carbonyl (C=O) groups is 4. The van der Waals surface area contributed by atoms with Crippen LogP contribution in [0.4, 0.5) is 4.79 Å². The van der Waals surface area contributed by atoms with Crippen molar-refractivity contribution < 1.29 is 28.8 Å². The highest BCUT2D eigenvalue weighted by atomic mass is 33.1. The van der Waals surface area contributed by atoms with Crippen molar-refractivity contribution in [3.05, 3.63) is 0 Å². The molecule has 0 atom stereocenters. The van der Waals surface area contributed by atoms with Crippen LogP contribution in [0.25, 0.3) is 0 Å². The summed E-state index contributed by atoms with van der Waals surface area (Å²) in [6.45, 7) is 6.47. The molecule has 1 saturated heterocycles. The number of amides is 3. The van der Waals surface area contributed by atoms with Crippen molar-refractivity contribution in [1.29, 1.82) is 0 Å². The van der Waals surface area contributed by atoms with E-state index in [2.05, 4.69) is 10.2 Å². The maximum absolute atomic E-state index is 11.6. The largest absolute Gasteiger partial charge is 0.534 e.